The SMILES string of the molecule is CCCCCCC[n+]1ccc(C)cc1.[Cl-]. The van der Waals surface area contributed by atoms with Crippen LogP contribution in [-0.2, 0) is 6.54 Å². The molecule has 0 amide bonds. The van der Waals surface area contributed by atoms with Gasteiger partial charge in [-0.15, -0.1) is 0 Å². The van der Waals surface area contributed by atoms with E-state index in [0.717, 1.165) is 0 Å². The predicted molar refractivity (Wildman–Crippen MR) is 60.1 cm³/mol. The summed E-state index contributed by atoms with van der Waals surface area (Å²) in [5.74, 6) is 0. The summed E-state index contributed by atoms with van der Waals surface area (Å²) in [7, 11) is 0. The summed E-state index contributed by atoms with van der Waals surface area (Å²) < 4.78 is 2.28. The third kappa shape index (κ3) is 6.51. The second-order valence-corrected chi connectivity index (χ2v) is 4.03. The highest BCUT2D eigenvalue weighted by atomic mass is 35.5. The van der Waals surface area contributed by atoms with Crippen LogP contribution in [0.25, 0.3) is 0 Å². The van der Waals surface area contributed by atoms with E-state index in [4.69, 9.17) is 0 Å². The molecule has 86 valence electrons. The second kappa shape index (κ2) is 8.72. The number of hydrogen-bond donors (Lipinski definition) is 0. The largest absolute Gasteiger partial charge is 1.00 e. The number of pyridine rings is 1. The molecule has 1 aromatic rings. The molecule has 1 nitrogen and oxygen atoms in total. The summed E-state index contributed by atoms with van der Waals surface area (Å²) in [6, 6.07) is 4.35. The van der Waals surface area contributed by atoms with E-state index < -0.39 is 0 Å². The fourth-order valence-corrected chi connectivity index (χ4v) is 1.58. The van der Waals surface area contributed by atoms with E-state index in [1.807, 2.05) is 0 Å². The third-order valence-electron chi connectivity index (χ3n) is 2.58. The lowest BCUT2D eigenvalue weighted by Gasteiger charge is -1.98. The Balaban J connectivity index is 0.00000196. The van der Waals surface area contributed by atoms with E-state index in [1.165, 1.54) is 44.2 Å². The van der Waals surface area contributed by atoms with Crippen LogP contribution in [0.5, 0.6) is 0 Å². The summed E-state index contributed by atoms with van der Waals surface area (Å²) in [5, 5.41) is 0. The fraction of sp³-hybridized carbons (Fsp3) is 0.615. The van der Waals surface area contributed by atoms with Crippen molar-refractivity contribution < 1.29 is 17.0 Å². The standard InChI is InChI=1S/C13H22N.ClH/c1-3-4-5-6-7-10-14-11-8-13(2)9-12-14;/h8-9,11-12H,3-7,10H2,1-2H3;1H/q+1;/p-1. The number of unbranched alkanes of at least 4 members (excludes halogenated alkanes) is 4. The normalized spacial score (nSPS) is 9.73. The van der Waals surface area contributed by atoms with Crippen molar-refractivity contribution >= 4 is 0 Å². The van der Waals surface area contributed by atoms with E-state index in [1.54, 1.807) is 0 Å². The zero-order valence-electron chi connectivity index (χ0n) is 9.88. The number of aryl methyl sites for hydroxylation is 2. The van der Waals surface area contributed by atoms with E-state index in [2.05, 4.69) is 42.9 Å². The Kier molecular flexibility index (Phi) is 8.40. The maximum absolute atomic E-state index is 2.28. The average Bonchev–Trinajstić information content (AvgIpc) is 2.21. The molecular formula is C13H22ClN. The van der Waals surface area contributed by atoms with E-state index in [9.17, 15) is 0 Å². The Morgan fingerprint density at radius 1 is 1.00 bits per heavy atom. The van der Waals surface area contributed by atoms with Crippen molar-refractivity contribution in [3.8, 4) is 0 Å². The first-order valence-corrected chi connectivity index (χ1v) is 5.78. The molecule has 15 heavy (non-hydrogen) atoms. The van der Waals surface area contributed by atoms with Crippen molar-refractivity contribution in [2.75, 3.05) is 0 Å². The first-order valence-electron chi connectivity index (χ1n) is 5.78. The van der Waals surface area contributed by atoms with Gasteiger partial charge in [-0.25, -0.2) is 4.57 Å². The molecule has 0 atom stereocenters. The highest BCUT2D eigenvalue weighted by Gasteiger charge is 1.98. The van der Waals surface area contributed by atoms with Gasteiger partial charge in [-0.2, -0.15) is 0 Å². The van der Waals surface area contributed by atoms with Gasteiger partial charge in [0.05, 0.1) is 0 Å². The van der Waals surface area contributed by atoms with Crippen molar-refractivity contribution in [2.45, 2.75) is 52.5 Å². The van der Waals surface area contributed by atoms with Crippen LogP contribution in [0, 0.1) is 6.92 Å². The minimum atomic E-state index is 0. The Morgan fingerprint density at radius 2 is 1.60 bits per heavy atom. The predicted octanol–water partition coefficient (Wildman–Crippen LogP) is 0.257. The molecule has 2 heteroatoms. The number of halogens is 1. The summed E-state index contributed by atoms with van der Waals surface area (Å²) in [4.78, 5) is 0. The van der Waals surface area contributed by atoms with E-state index in [-0.39, 0.29) is 12.4 Å². The quantitative estimate of drug-likeness (QED) is 0.485. The van der Waals surface area contributed by atoms with Gasteiger partial charge in [0, 0.05) is 18.6 Å². The maximum atomic E-state index is 2.28. The minimum absolute atomic E-state index is 0. The zero-order valence-corrected chi connectivity index (χ0v) is 10.6. The molecule has 1 heterocycles. The van der Waals surface area contributed by atoms with Gasteiger partial charge in [0.2, 0.25) is 0 Å². The van der Waals surface area contributed by atoms with Gasteiger partial charge >= 0.3 is 0 Å². The molecule has 0 spiro atoms. The molecule has 0 saturated heterocycles. The summed E-state index contributed by atoms with van der Waals surface area (Å²) in [5.41, 5.74) is 1.34. The lowest BCUT2D eigenvalue weighted by Crippen LogP contribution is -3.00. The average molecular weight is 228 g/mol. The van der Waals surface area contributed by atoms with E-state index in [0.29, 0.717) is 0 Å². The number of rotatable bonds is 6. The van der Waals surface area contributed by atoms with Crippen molar-refractivity contribution in [1.82, 2.24) is 0 Å². The van der Waals surface area contributed by atoms with Crippen LogP contribution in [0.1, 0.15) is 44.6 Å². The molecule has 0 aliphatic rings. The monoisotopic (exact) mass is 227 g/mol. The van der Waals surface area contributed by atoms with Crippen LogP contribution < -0.4 is 17.0 Å². The minimum Gasteiger partial charge on any atom is -1.00 e. The van der Waals surface area contributed by atoms with Gasteiger partial charge < -0.3 is 12.4 Å². The topological polar surface area (TPSA) is 3.88 Å². The Morgan fingerprint density at radius 3 is 2.20 bits per heavy atom. The summed E-state index contributed by atoms with van der Waals surface area (Å²) in [6.45, 7) is 5.56. The number of hydrogen-bond acceptors (Lipinski definition) is 0. The Labute approximate surface area is 99.9 Å². The highest BCUT2D eigenvalue weighted by molar-refractivity contribution is 5.03. The number of aromatic nitrogens is 1. The van der Waals surface area contributed by atoms with Crippen LogP contribution in [0.2, 0.25) is 0 Å². The molecule has 0 saturated carbocycles. The lowest BCUT2D eigenvalue weighted by molar-refractivity contribution is -0.697. The van der Waals surface area contributed by atoms with Crippen LogP contribution in [-0.4, -0.2) is 0 Å². The highest BCUT2D eigenvalue weighted by Crippen LogP contribution is 2.02. The Hall–Kier alpha value is -0.560. The summed E-state index contributed by atoms with van der Waals surface area (Å²) >= 11 is 0. The molecule has 0 aliphatic carbocycles. The molecule has 1 rings (SSSR count). The molecule has 0 fully saturated rings. The van der Waals surface area contributed by atoms with Gasteiger partial charge in [-0.3, -0.25) is 0 Å². The number of nitrogens with zero attached hydrogens (tertiary/aromatic N) is 1. The van der Waals surface area contributed by atoms with Crippen molar-refractivity contribution in [3.05, 3.63) is 30.1 Å². The molecule has 1 aromatic heterocycles. The molecule has 0 aromatic carbocycles. The van der Waals surface area contributed by atoms with Crippen LogP contribution in [0.4, 0.5) is 0 Å². The Bertz CT molecular complexity index is 243. The molecular weight excluding hydrogens is 206 g/mol. The maximum Gasteiger partial charge on any atom is 0.169 e. The third-order valence-corrected chi connectivity index (χ3v) is 2.58. The lowest BCUT2D eigenvalue weighted by atomic mass is 10.1. The van der Waals surface area contributed by atoms with Crippen LogP contribution >= 0.6 is 0 Å². The van der Waals surface area contributed by atoms with Crippen LogP contribution in [0.15, 0.2) is 24.5 Å². The molecule has 0 N–H and O–H groups in total. The fourth-order valence-electron chi connectivity index (χ4n) is 1.58. The van der Waals surface area contributed by atoms with Crippen molar-refractivity contribution in [1.29, 1.82) is 0 Å². The molecule has 0 aliphatic heterocycles. The van der Waals surface area contributed by atoms with Crippen LogP contribution in [0.3, 0.4) is 0 Å². The zero-order chi connectivity index (χ0) is 10.2. The van der Waals surface area contributed by atoms with E-state index >= 15 is 0 Å². The smallest absolute Gasteiger partial charge is 0.169 e. The first-order chi connectivity index (χ1) is 6.83. The van der Waals surface area contributed by atoms with Crippen molar-refractivity contribution in [3.63, 3.8) is 0 Å². The van der Waals surface area contributed by atoms with Gasteiger partial charge in [0.1, 0.15) is 6.54 Å². The van der Waals surface area contributed by atoms with Gasteiger partial charge in [-0.1, -0.05) is 26.2 Å². The summed E-state index contributed by atoms with van der Waals surface area (Å²) in [6.07, 6.45) is 11.1. The molecule has 0 bridgehead atoms. The molecule has 0 unspecified atom stereocenters. The van der Waals surface area contributed by atoms with Gasteiger partial charge in [0.25, 0.3) is 0 Å². The van der Waals surface area contributed by atoms with Crippen molar-refractivity contribution in [2.24, 2.45) is 0 Å². The molecule has 0 radical (unpaired) electrons. The second-order valence-electron chi connectivity index (χ2n) is 4.03. The van der Waals surface area contributed by atoms with Gasteiger partial charge in [-0.05, 0) is 18.9 Å². The van der Waals surface area contributed by atoms with Gasteiger partial charge in [0.15, 0.2) is 12.4 Å². The first kappa shape index (κ1) is 14.4.